The van der Waals surface area contributed by atoms with Crippen LogP contribution in [0.4, 0.5) is 0 Å². The third kappa shape index (κ3) is 4.46. The van der Waals surface area contributed by atoms with Gasteiger partial charge >= 0.3 is 0 Å². The van der Waals surface area contributed by atoms with Gasteiger partial charge in [-0.15, -0.1) is 22.7 Å². The average Bonchev–Trinajstić information content (AvgIpc) is 3.43. The van der Waals surface area contributed by atoms with E-state index in [0.717, 1.165) is 16.7 Å². The minimum atomic E-state index is -0.148. The molecule has 0 atom stereocenters. The second-order valence-electron chi connectivity index (χ2n) is 6.82. The van der Waals surface area contributed by atoms with Crippen LogP contribution in [-0.4, -0.2) is 27.1 Å². The normalized spacial score (nSPS) is 11.1. The first-order valence-electron chi connectivity index (χ1n) is 9.39. The number of thiophene rings is 2. The van der Waals surface area contributed by atoms with E-state index in [2.05, 4.69) is 22.6 Å². The van der Waals surface area contributed by atoms with Crippen LogP contribution in [0.5, 0.6) is 0 Å². The van der Waals surface area contributed by atoms with Crippen LogP contribution in [0.25, 0.3) is 10.8 Å². The lowest BCUT2D eigenvalue weighted by molar-refractivity contribution is -0.131. The van der Waals surface area contributed by atoms with Gasteiger partial charge in [-0.2, -0.15) is 5.10 Å². The van der Waals surface area contributed by atoms with E-state index in [9.17, 15) is 9.59 Å². The second kappa shape index (κ2) is 8.71. The Kier molecular flexibility index (Phi) is 5.87. The molecular formula is C22H21N3O2S2. The van der Waals surface area contributed by atoms with Crippen molar-refractivity contribution in [3.05, 3.63) is 85.1 Å². The summed E-state index contributed by atoms with van der Waals surface area (Å²) < 4.78 is 1.32. The zero-order valence-electron chi connectivity index (χ0n) is 16.1. The van der Waals surface area contributed by atoms with Crippen LogP contribution in [0, 0.1) is 0 Å². The van der Waals surface area contributed by atoms with E-state index < -0.39 is 0 Å². The van der Waals surface area contributed by atoms with Crippen molar-refractivity contribution < 1.29 is 4.79 Å². The molecule has 0 bridgehead atoms. The van der Waals surface area contributed by atoms with Crippen LogP contribution < -0.4 is 5.56 Å². The summed E-state index contributed by atoms with van der Waals surface area (Å²) >= 11 is 3.36. The van der Waals surface area contributed by atoms with Crippen molar-refractivity contribution in [1.82, 2.24) is 14.7 Å². The number of benzene rings is 1. The van der Waals surface area contributed by atoms with Crippen LogP contribution >= 0.6 is 22.7 Å². The van der Waals surface area contributed by atoms with E-state index in [4.69, 9.17) is 0 Å². The first kappa shape index (κ1) is 19.5. The van der Waals surface area contributed by atoms with Gasteiger partial charge < -0.3 is 4.90 Å². The Labute approximate surface area is 176 Å². The Bertz CT molecular complexity index is 1160. The zero-order chi connectivity index (χ0) is 20.2. The van der Waals surface area contributed by atoms with Gasteiger partial charge in [0, 0.05) is 28.7 Å². The number of amides is 1. The van der Waals surface area contributed by atoms with Crippen molar-refractivity contribution >= 4 is 39.4 Å². The molecule has 29 heavy (non-hydrogen) atoms. The maximum atomic E-state index is 13.2. The standard InChI is InChI=1S/C22H21N3O2S2/c1-24-22(27)19-9-3-2-8-18(19)20(23-24)14-21(26)25(15-17-7-5-13-29-17)11-10-16-6-4-12-28-16/h2-9,12-13H,10-11,14-15H2,1H3. The van der Waals surface area contributed by atoms with Gasteiger partial charge in [0.1, 0.15) is 0 Å². The number of hydrogen-bond acceptors (Lipinski definition) is 5. The Morgan fingerprint density at radius 2 is 1.69 bits per heavy atom. The molecule has 1 amide bonds. The summed E-state index contributed by atoms with van der Waals surface area (Å²) in [5.41, 5.74) is 0.491. The molecule has 0 aliphatic carbocycles. The Morgan fingerprint density at radius 1 is 1.00 bits per heavy atom. The SMILES string of the molecule is Cn1nc(CC(=O)N(CCc2cccs2)Cc2cccs2)c2ccccc2c1=O. The summed E-state index contributed by atoms with van der Waals surface area (Å²) in [4.78, 5) is 29.9. The Morgan fingerprint density at radius 3 is 2.38 bits per heavy atom. The van der Waals surface area contributed by atoms with Gasteiger partial charge in [-0.1, -0.05) is 30.3 Å². The van der Waals surface area contributed by atoms with Gasteiger partial charge in [0.2, 0.25) is 5.91 Å². The van der Waals surface area contributed by atoms with Crippen molar-refractivity contribution in [2.45, 2.75) is 19.4 Å². The van der Waals surface area contributed by atoms with Crippen LogP contribution in [0.1, 0.15) is 15.4 Å². The first-order valence-corrected chi connectivity index (χ1v) is 11.1. The first-order chi connectivity index (χ1) is 14.1. The largest absolute Gasteiger partial charge is 0.337 e. The fourth-order valence-corrected chi connectivity index (χ4v) is 4.76. The van der Waals surface area contributed by atoms with Crippen molar-refractivity contribution in [1.29, 1.82) is 0 Å². The highest BCUT2D eigenvalue weighted by molar-refractivity contribution is 7.10. The van der Waals surface area contributed by atoms with Crippen molar-refractivity contribution in [3.63, 3.8) is 0 Å². The van der Waals surface area contributed by atoms with Crippen LogP contribution in [-0.2, 0) is 31.2 Å². The highest BCUT2D eigenvalue weighted by atomic mass is 32.1. The number of fused-ring (bicyclic) bond motifs is 1. The van der Waals surface area contributed by atoms with Crippen LogP contribution in [0.2, 0.25) is 0 Å². The van der Waals surface area contributed by atoms with Gasteiger partial charge in [-0.3, -0.25) is 9.59 Å². The summed E-state index contributed by atoms with van der Waals surface area (Å²) in [5.74, 6) is 0.0197. The molecule has 0 saturated carbocycles. The molecule has 3 aromatic heterocycles. The lowest BCUT2D eigenvalue weighted by Gasteiger charge is -2.22. The van der Waals surface area contributed by atoms with E-state index >= 15 is 0 Å². The summed E-state index contributed by atoms with van der Waals surface area (Å²) in [6, 6.07) is 15.5. The predicted molar refractivity (Wildman–Crippen MR) is 118 cm³/mol. The van der Waals surface area contributed by atoms with Crippen LogP contribution in [0.15, 0.2) is 64.1 Å². The lowest BCUT2D eigenvalue weighted by atomic mass is 10.1. The number of carbonyl (C=O) groups excluding carboxylic acids is 1. The monoisotopic (exact) mass is 423 g/mol. The zero-order valence-corrected chi connectivity index (χ0v) is 17.7. The van der Waals surface area contributed by atoms with Gasteiger partial charge in [-0.05, 0) is 35.4 Å². The van der Waals surface area contributed by atoms with Crippen molar-refractivity contribution in [2.75, 3.05) is 6.54 Å². The number of carbonyl (C=O) groups is 1. The van der Waals surface area contributed by atoms with E-state index in [1.54, 1.807) is 35.8 Å². The van der Waals surface area contributed by atoms with E-state index in [-0.39, 0.29) is 17.9 Å². The number of hydrogen-bond donors (Lipinski definition) is 0. The molecule has 1 aromatic carbocycles. The van der Waals surface area contributed by atoms with Gasteiger partial charge in [0.15, 0.2) is 0 Å². The topological polar surface area (TPSA) is 55.2 Å². The quantitative estimate of drug-likeness (QED) is 0.453. The molecule has 0 N–H and O–H groups in total. The van der Waals surface area contributed by atoms with E-state index in [0.29, 0.717) is 24.2 Å². The fourth-order valence-electron chi connectivity index (χ4n) is 3.34. The van der Waals surface area contributed by atoms with Gasteiger partial charge in [0.05, 0.1) is 24.0 Å². The fraction of sp³-hybridized carbons (Fsp3) is 0.227. The molecule has 0 radical (unpaired) electrons. The maximum absolute atomic E-state index is 13.2. The number of nitrogens with zero attached hydrogens (tertiary/aromatic N) is 3. The molecule has 5 nitrogen and oxygen atoms in total. The molecule has 0 aliphatic heterocycles. The molecule has 0 saturated heterocycles. The minimum Gasteiger partial charge on any atom is -0.337 e. The third-order valence-electron chi connectivity index (χ3n) is 4.84. The smallest absolute Gasteiger partial charge is 0.274 e. The van der Waals surface area contributed by atoms with Gasteiger partial charge in [-0.25, -0.2) is 4.68 Å². The van der Waals surface area contributed by atoms with Crippen molar-refractivity contribution in [2.24, 2.45) is 7.05 Å². The summed E-state index contributed by atoms with van der Waals surface area (Å²) in [5, 5.41) is 9.82. The van der Waals surface area contributed by atoms with E-state index in [1.165, 1.54) is 9.56 Å². The molecule has 0 fully saturated rings. The Balaban J connectivity index is 1.59. The molecule has 4 aromatic rings. The number of aromatic nitrogens is 2. The third-order valence-corrected chi connectivity index (χ3v) is 6.64. The van der Waals surface area contributed by atoms with E-state index in [1.807, 2.05) is 40.6 Å². The molecule has 3 heterocycles. The highest BCUT2D eigenvalue weighted by Gasteiger charge is 2.19. The van der Waals surface area contributed by atoms with Crippen LogP contribution in [0.3, 0.4) is 0 Å². The molecule has 0 aliphatic rings. The second-order valence-corrected chi connectivity index (χ2v) is 8.89. The predicted octanol–water partition coefficient (Wildman–Crippen LogP) is 3.87. The number of rotatable bonds is 7. The van der Waals surface area contributed by atoms with Crippen molar-refractivity contribution in [3.8, 4) is 0 Å². The summed E-state index contributed by atoms with van der Waals surface area (Å²) in [7, 11) is 1.63. The molecule has 0 spiro atoms. The summed E-state index contributed by atoms with van der Waals surface area (Å²) in [6.07, 6.45) is 1.00. The molecule has 7 heteroatoms. The highest BCUT2D eigenvalue weighted by Crippen LogP contribution is 2.18. The Hall–Kier alpha value is -2.77. The van der Waals surface area contributed by atoms with Gasteiger partial charge in [0.25, 0.3) is 5.56 Å². The minimum absolute atomic E-state index is 0.0197. The molecular weight excluding hydrogens is 402 g/mol. The average molecular weight is 424 g/mol. The maximum Gasteiger partial charge on any atom is 0.274 e. The summed E-state index contributed by atoms with van der Waals surface area (Å²) in [6.45, 7) is 1.24. The lowest BCUT2D eigenvalue weighted by Crippen LogP contribution is -2.34. The molecule has 148 valence electrons. The molecule has 4 rings (SSSR count). The number of aryl methyl sites for hydroxylation is 1. The molecule has 0 unspecified atom stereocenters.